The molecule has 0 fully saturated rings. The van der Waals surface area contributed by atoms with Gasteiger partial charge in [-0.2, -0.15) is 0 Å². The van der Waals surface area contributed by atoms with Crippen molar-refractivity contribution in [2.75, 3.05) is 0 Å². The highest BCUT2D eigenvalue weighted by molar-refractivity contribution is 7.10. The van der Waals surface area contributed by atoms with E-state index < -0.39 is 5.54 Å². The molecule has 0 aliphatic rings. The summed E-state index contributed by atoms with van der Waals surface area (Å²) in [5.41, 5.74) is 7.81. The van der Waals surface area contributed by atoms with E-state index >= 15 is 0 Å². The molecule has 1 nitrogen and oxygen atoms in total. The van der Waals surface area contributed by atoms with Gasteiger partial charge in [0.1, 0.15) is 5.82 Å². The summed E-state index contributed by atoms with van der Waals surface area (Å²) >= 11 is 1.68. The van der Waals surface area contributed by atoms with Crippen LogP contribution in [0.3, 0.4) is 0 Å². The fourth-order valence-electron chi connectivity index (χ4n) is 1.88. The highest BCUT2D eigenvalue weighted by atomic mass is 32.1. The van der Waals surface area contributed by atoms with E-state index in [4.69, 9.17) is 5.73 Å². The molecule has 84 valence electrons. The maximum absolute atomic E-state index is 12.9. The highest BCUT2D eigenvalue weighted by Gasteiger charge is 2.25. The summed E-state index contributed by atoms with van der Waals surface area (Å²) in [6, 6.07) is 8.41. The van der Waals surface area contributed by atoms with Crippen molar-refractivity contribution in [3.05, 3.63) is 57.5 Å². The SMILES string of the molecule is Cc1sccc1C(C)(N)c1ccc(F)cc1. The van der Waals surface area contributed by atoms with Crippen molar-refractivity contribution in [2.24, 2.45) is 5.73 Å². The topological polar surface area (TPSA) is 26.0 Å². The lowest BCUT2D eigenvalue weighted by molar-refractivity contribution is 0.592. The van der Waals surface area contributed by atoms with Gasteiger partial charge in [-0.25, -0.2) is 4.39 Å². The molecule has 0 amide bonds. The second kappa shape index (κ2) is 4.00. The van der Waals surface area contributed by atoms with E-state index in [9.17, 15) is 4.39 Å². The van der Waals surface area contributed by atoms with Crippen molar-refractivity contribution in [3.8, 4) is 0 Å². The predicted molar refractivity (Wildman–Crippen MR) is 66.1 cm³/mol. The summed E-state index contributed by atoms with van der Waals surface area (Å²) in [5, 5.41) is 2.03. The zero-order valence-electron chi connectivity index (χ0n) is 9.33. The van der Waals surface area contributed by atoms with Crippen LogP contribution in [0.4, 0.5) is 4.39 Å². The summed E-state index contributed by atoms with van der Waals surface area (Å²) in [6.45, 7) is 4.00. The lowest BCUT2D eigenvalue weighted by atomic mass is 9.86. The number of benzene rings is 1. The second-order valence-corrected chi connectivity index (χ2v) is 5.22. The molecule has 0 saturated carbocycles. The summed E-state index contributed by atoms with van der Waals surface area (Å²) in [6.07, 6.45) is 0. The number of hydrogen-bond acceptors (Lipinski definition) is 2. The first kappa shape index (κ1) is 11.3. The maximum atomic E-state index is 12.9. The minimum atomic E-state index is -0.558. The molecule has 0 bridgehead atoms. The van der Waals surface area contributed by atoms with Crippen LogP contribution in [0.15, 0.2) is 35.7 Å². The van der Waals surface area contributed by atoms with E-state index in [-0.39, 0.29) is 5.82 Å². The minimum absolute atomic E-state index is 0.235. The average Bonchev–Trinajstić information content (AvgIpc) is 2.66. The largest absolute Gasteiger partial charge is 0.318 e. The van der Waals surface area contributed by atoms with Gasteiger partial charge in [-0.1, -0.05) is 12.1 Å². The van der Waals surface area contributed by atoms with Crippen molar-refractivity contribution in [1.29, 1.82) is 0 Å². The number of aryl methyl sites for hydroxylation is 1. The Hall–Kier alpha value is -1.19. The molecule has 0 saturated heterocycles. The van der Waals surface area contributed by atoms with Gasteiger partial charge in [-0.3, -0.25) is 0 Å². The third kappa shape index (κ3) is 1.88. The summed E-state index contributed by atoms with van der Waals surface area (Å²) in [4.78, 5) is 1.20. The van der Waals surface area contributed by atoms with Crippen LogP contribution in [-0.4, -0.2) is 0 Å². The first-order valence-corrected chi connectivity index (χ1v) is 5.99. The van der Waals surface area contributed by atoms with Crippen LogP contribution in [-0.2, 0) is 5.54 Å². The fraction of sp³-hybridized carbons (Fsp3) is 0.231. The van der Waals surface area contributed by atoms with Crippen LogP contribution < -0.4 is 5.73 Å². The molecular weight excluding hydrogens is 221 g/mol. The Balaban J connectivity index is 2.46. The van der Waals surface area contributed by atoms with Crippen molar-refractivity contribution >= 4 is 11.3 Å². The molecule has 2 N–H and O–H groups in total. The Morgan fingerprint density at radius 1 is 1.19 bits per heavy atom. The lowest BCUT2D eigenvalue weighted by Gasteiger charge is -2.25. The molecule has 2 rings (SSSR count). The standard InChI is InChI=1S/C13H14FNS/c1-9-12(7-8-16-9)13(2,15)10-3-5-11(14)6-4-10/h3-8H,15H2,1-2H3. The Bertz CT molecular complexity index is 485. The smallest absolute Gasteiger partial charge is 0.123 e. The third-order valence-corrected chi connectivity index (χ3v) is 3.71. The first-order chi connectivity index (χ1) is 7.51. The lowest BCUT2D eigenvalue weighted by Crippen LogP contribution is -2.34. The normalized spacial score (nSPS) is 14.8. The van der Waals surface area contributed by atoms with Crippen molar-refractivity contribution in [1.82, 2.24) is 0 Å². The van der Waals surface area contributed by atoms with E-state index in [2.05, 4.69) is 6.92 Å². The van der Waals surface area contributed by atoms with Gasteiger partial charge in [0.25, 0.3) is 0 Å². The van der Waals surface area contributed by atoms with Crippen molar-refractivity contribution in [3.63, 3.8) is 0 Å². The molecule has 1 atom stereocenters. The molecule has 0 radical (unpaired) electrons. The number of halogens is 1. The molecule has 3 heteroatoms. The molecule has 1 unspecified atom stereocenters. The van der Waals surface area contributed by atoms with E-state index in [0.29, 0.717) is 0 Å². The minimum Gasteiger partial charge on any atom is -0.318 e. The third-order valence-electron chi connectivity index (χ3n) is 2.86. The zero-order valence-corrected chi connectivity index (χ0v) is 10.1. The van der Waals surface area contributed by atoms with E-state index in [1.54, 1.807) is 23.5 Å². The van der Waals surface area contributed by atoms with Gasteiger partial charge in [0.2, 0.25) is 0 Å². The zero-order chi connectivity index (χ0) is 11.8. The van der Waals surface area contributed by atoms with Gasteiger partial charge < -0.3 is 5.73 Å². The van der Waals surface area contributed by atoms with Gasteiger partial charge in [-0.15, -0.1) is 11.3 Å². The Kier molecular flexibility index (Phi) is 2.82. The average molecular weight is 235 g/mol. The van der Waals surface area contributed by atoms with Crippen LogP contribution in [0.1, 0.15) is 22.9 Å². The predicted octanol–water partition coefficient (Wildman–Crippen LogP) is 3.42. The molecule has 1 aromatic heterocycles. The first-order valence-electron chi connectivity index (χ1n) is 5.11. The molecule has 0 aliphatic heterocycles. The van der Waals surface area contributed by atoms with E-state index in [0.717, 1.165) is 11.1 Å². The van der Waals surface area contributed by atoms with Gasteiger partial charge >= 0.3 is 0 Å². The Morgan fingerprint density at radius 2 is 1.81 bits per heavy atom. The van der Waals surface area contributed by atoms with Crippen LogP contribution >= 0.6 is 11.3 Å². The van der Waals surface area contributed by atoms with Crippen LogP contribution in [0, 0.1) is 12.7 Å². The number of nitrogens with two attached hydrogens (primary N) is 1. The molecule has 2 aromatic rings. The molecule has 0 spiro atoms. The van der Waals surface area contributed by atoms with Crippen molar-refractivity contribution in [2.45, 2.75) is 19.4 Å². The summed E-state index contributed by atoms with van der Waals surface area (Å²) < 4.78 is 12.9. The van der Waals surface area contributed by atoms with Crippen LogP contribution in [0.2, 0.25) is 0 Å². The van der Waals surface area contributed by atoms with Crippen LogP contribution in [0.5, 0.6) is 0 Å². The maximum Gasteiger partial charge on any atom is 0.123 e. The Morgan fingerprint density at radius 3 is 2.31 bits per heavy atom. The van der Waals surface area contributed by atoms with Crippen molar-refractivity contribution < 1.29 is 4.39 Å². The number of rotatable bonds is 2. The molecule has 1 heterocycles. The van der Waals surface area contributed by atoms with Gasteiger partial charge in [0.05, 0.1) is 5.54 Å². The summed E-state index contributed by atoms with van der Waals surface area (Å²) in [7, 11) is 0. The van der Waals surface area contributed by atoms with E-state index in [1.807, 2.05) is 18.4 Å². The fourth-order valence-corrected chi connectivity index (χ4v) is 2.69. The van der Waals surface area contributed by atoms with Gasteiger partial charge in [0.15, 0.2) is 0 Å². The second-order valence-electron chi connectivity index (χ2n) is 4.10. The number of hydrogen-bond donors (Lipinski definition) is 1. The number of thiophene rings is 1. The van der Waals surface area contributed by atoms with E-state index in [1.165, 1.54) is 17.0 Å². The Labute approximate surface area is 98.7 Å². The quantitative estimate of drug-likeness (QED) is 0.848. The van der Waals surface area contributed by atoms with Gasteiger partial charge in [0, 0.05) is 4.88 Å². The monoisotopic (exact) mass is 235 g/mol. The molecule has 0 aliphatic carbocycles. The molecule has 1 aromatic carbocycles. The highest BCUT2D eigenvalue weighted by Crippen LogP contribution is 2.31. The molecular formula is C13H14FNS. The van der Waals surface area contributed by atoms with Crippen LogP contribution in [0.25, 0.3) is 0 Å². The summed E-state index contributed by atoms with van der Waals surface area (Å²) in [5.74, 6) is -0.235. The molecule has 16 heavy (non-hydrogen) atoms. The van der Waals surface area contributed by atoms with Gasteiger partial charge in [-0.05, 0) is 48.6 Å².